The van der Waals surface area contributed by atoms with E-state index >= 15 is 0 Å². The number of nitrogens with one attached hydrogen (secondary N) is 1. The second-order valence-electron chi connectivity index (χ2n) is 8.58. The van der Waals surface area contributed by atoms with Crippen LogP contribution in [0.5, 0.6) is 5.75 Å². The Kier molecular flexibility index (Phi) is 7.87. The molecule has 1 N–H and O–H groups in total. The van der Waals surface area contributed by atoms with Crippen LogP contribution in [0.4, 0.5) is 4.39 Å². The zero-order valence-corrected chi connectivity index (χ0v) is 19.7. The molecule has 176 valence electrons. The quantitative estimate of drug-likeness (QED) is 0.649. The molecular formula is C26H32FN3O3. The van der Waals surface area contributed by atoms with Crippen LogP contribution in [0.15, 0.2) is 55.1 Å². The Labute approximate surface area is 195 Å². The summed E-state index contributed by atoms with van der Waals surface area (Å²) in [5.74, 6) is 0.0716. The first-order chi connectivity index (χ1) is 15.7. The lowest BCUT2D eigenvalue weighted by Gasteiger charge is -2.45. The lowest BCUT2D eigenvalue weighted by atomic mass is 10.0. The Morgan fingerprint density at radius 1 is 1.18 bits per heavy atom. The molecular weight excluding hydrogens is 421 g/mol. The van der Waals surface area contributed by atoms with Gasteiger partial charge in [0.05, 0.1) is 0 Å². The van der Waals surface area contributed by atoms with Crippen LogP contribution in [0.3, 0.4) is 0 Å². The normalized spacial score (nSPS) is 19.6. The summed E-state index contributed by atoms with van der Waals surface area (Å²) in [6, 6.07) is 12.1. The summed E-state index contributed by atoms with van der Waals surface area (Å²) in [6.07, 6.45) is 0.929. The van der Waals surface area contributed by atoms with Gasteiger partial charge in [-0.3, -0.25) is 14.5 Å². The lowest BCUT2D eigenvalue weighted by Crippen LogP contribution is -2.58. The van der Waals surface area contributed by atoms with Crippen LogP contribution in [0, 0.1) is 12.7 Å². The molecule has 3 atom stereocenters. The molecule has 0 spiro atoms. The van der Waals surface area contributed by atoms with Crippen LogP contribution in [-0.4, -0.2) is 60.4 Å². The van der Waals surface area contributed by atoms with Gasteiger partial charge in [-0.1, -0.05) is 18.7 Å². The van der Waals surface area contributed by atoms with Crippen molar-refractivity contribution in [2.24, 2.45) is 0 Å². The summed E-state index contributed by atoms with van der Waals surface area (Å²) in [4.78, 5) is 28.2. The number of hydrogen-bond donors (Lipinski definition) is 1. The van der Waals surface area contributed by atoms with Crippen LogP contribution in [0.1, 0.15) is 41.4 Å². The van der Waals surface area contributed by atoms with E-state index < -0.39 is 6.10 Å². The highest BCUT2D eigenvalue weighted by Crippen LogP contribution is 2.27. The Bertz CT molecular complexity index is 996. The molecule has 33 heavy (non-hydrogen) atoms. The minimum Gasteiger partial charge on any atom is -0.484 e. The highest BCUT2D eigenvalue weighted by Gasteiger charge is 2.33. The number of aryl methyl sites for hydroxylation is 1. The van der Waals surface area contributed by atoms with E-state index in [4.69, 9.17) is 4.74 Å². The van der Waals surface area contributed by atoms with Gasteiger partial charge in [0.25, 0.3) is 5.91 Å². The number of hydrogen-bond acceptors (Lipinski definition) is 4. The van der Waals surface area contributed by atoms with E-state index in [1.807, 2.05) is 24.8 Å². The summed E-state index contributed by atoms with van der Waals surface area (Å²) in [5, 5.41) is 2.59. The minimum absolute atomic E-state index is 0.0153. The summed E-state index contributed by atoms with van der Waals surface area (Å²) >= 11 is 0. The number of nitrogens with zero attached hydrogens (tertiary/aromatic N) is 2. The highest BCUT2D eigenvalue weighted by atomic mass is 19.1. The van der Waals surface area contributed by atoms with Crippen molar-refractivity contribution in [1.82, 2.24) is 15.1 Å². The molecule has 0 aliphatic carbocycles. The van der Waals surface area contributed by atoms with Gasteiger partial charge in [0.2, 0.25) is 5.91 Å². The van der Waals surface area contributed by atoms with E-state index in [-0.39, 0.29) is 29.7 Å². The zero-order valence-electron chi connectivity index (χ0n) is 19.7. The number of ether oxygens (including phenoxy) is 1. The van der Waals surface area contributed by atoms with Crippen molar-refractivity contribution in [2.75, 3.05) is 26.7 Å². The van der Waals surface area contributed by atoms with E-state index in [0.717, 1.165) is 5.56 Å². The monoisotopic (exact) mass is 453 g/mol. The molecule has 6 nitrogen and oxygen atoms in total. The van der Waals surface area contributed by atoms with E-state index in [1.54, 1.807) is 44.3 Å². The number of rotatable bonds is 7. The Morgan fingerprint density at radius 3 is 2.36 bits per heavy atom. The van der Waals surface area contributed by atoms with Crippen LogP contribution in [0.2, 0.25) is 0 Å². The number of carbonyl (C=O) groups excluding carboxylic acids is 2. The van der Waals surface area contributed by atoms with E-state index in [9.17, 15) is 14.0 Å². The molecule has 0 aromatic heterocycles. The van der Waals surface area contributed by atoms with Crippen molar-refractivity contribution < 1.29 is 18.7 Å². The van der Waals surface area contributed by atoms with E-state index in [0.29, 0.717) is 36.5 Å². The Morgan fingerprint density at radius 2 is 1.82 bits per heavy atom. The van der Waals surface area contributed by atoms with Crippen molar-refractivity contribution in [1.29, 1.82) is 0 Å². The van der Waals surface area contributed by atoms with E-state index in [1.165, 1.54) is 12.1 Å². The predicted octanol–water partition coefficient (Wildman–Crippen LogP) is 3.72. The zero-order chi connectivity index (χ0) is 24.1. The van der Waals surface area contributed by atoms with Gasteiger partial charge in [0.15, 0.2) is 0 Å². The third kappa shape index (κ3) is 5.79. The van der Waals surface area contributed by atoms with Gasteiger partial charge in [0.1, 0.15) is 17.7 Å². The molecule has 3 rings (SSSR count). The van der Waals surface area contributed by atoms with E-state index in [2.05, 4.69) is 16.8 Å². The smallest absolute Gasteiger partial charge is 0.251 e. The van der Waals surface area contributed by atoms with Crippen molar-refractivity contribution in [3.63, 3.8) is 0 Å². The first-order valence-electron chi connectivity index (χ1n) is 11.2. The predicted molar refractivity (Wildman–Crippen MR) is 127 cm³/mol. The summed E-state index contributed by atoms with van der Waals surface area (Å²) in [5.41, 5.74) is 1.85. The molecule has 1 heterocycles. The third-order valence-electron chi connectivity index (χ3n) is 6.04. The fourth-order valence-corrected chi connectivity index (χ4v) is 4.37. The van der Waals surface area contributed by atoms with Gasteiger partial charge < -0.3 is 15.0 Å². The standard InChI is InChI=1S/C26H32FN3O3/c1-6-25(31)30-18(3)14-29(15-19(30)4)16-24(21-8-7-17(2)23(27)13-21)33-22-11-9-20(10-12-22)26(32)28-5/h6-13,18-19,24H,1,14-16H2,2-5H3,(H,28,32)/t18-,19+,24-/m0/s1. The molecule has 2 aromatic carbocycles. The van der Waals surface area contributed by atoms with Crippen LogP contribution < -0.4 is 10.1 Å². The lowest BCUT2D eigenvalue weighted by molar-refractivity contribution is -0.133. The number of benzene rings is 2. The summed E-state index contributed by atoms with van der Waals surface area (Å²) in [7, 11) is 1.58. The third-order valence-corrected chi connectivity index (χ3v) is 6.04. The molecule has 0 bridgehead atoms. The van der Waals surface area contributed by atoms with Crippen LogP contribution >= 0.6 is 0 Å². The number of piperazine rings is 1. The van der Waals surface area contributed by atoms with Gasteiger partial charge in [-0.25, -0.2) is 4.39 Å². The molecule has 0 saturated carbocycles. The van der Waals surface area contributed by atoms with Gasteiger partial charge >= 0.3 is 0 Å². The first kappa shape index (κ1) is 24.5. The maximum Gasteiger partial charge on any atom is 0.251 e. The largest absolute Gasteiger partial charge is 0.484 e. The average molecular weight is 454 g/mol. The number of carbonyl (C=O) groups is 2. The summed E-state index contributed by atoms with van der Waals surface area (Å²) in [6.45, 7) is 11.3. The first-order valence-corrected chi connectivity index (χ1v) is 11.2. The number of halogens is 1. The SMILES string of the molecule is C=CC(=O)N1[C@H](C)CN(C[C@H](Oc2ccc(C(=O)NC)cc2)c2ccc(C)c(F)c2)C[C@@H]1C. The maximum atomic E-state index is 14.4. The van der Waals surface area contributed by atoms with Crippen LogP contribution in [0.25, 0.3) is 0 Å². The van der Waals surface area contributed by atoms with Gasteiger partial charge in [-0.05, 0) is 68.3 Å². The fourth-order valence-electron chi connectivity index (χ4n) is 4.37. The average Bonchev–Trinajstić information content (AvgIpc) is 2.79. The Balaban J connectivity index is 1.82. The van der Waals surface area contributed by atoms with Crippen molar-refractivity contribution in [3.8, 4) is 5.75 Å². The molecule has 2 aromatic rings. The molecule has 1 saturated heterocycles. The van der Waals surface area contributed by atoms with Crippen molar-refractivity contribution in [3.05, 3.63) is 77.6 Å². The second-order valence-corrected chi connectivity index (χ2v) is 8.58. The van der Waals surface area contributed by atoms with Crippen LogP contribution in [-0.2, 0) is 4.79 Å². The van der Waals surface area contributed by atoms with Gasteiger partial charge in [0, 0.05) is 44.3 Å². The molecule has 0 radical (unpaired) electrons. The maximum absolute atomic E-state index is 14.4. The number of amides is 2. The fraction of sp³-hybridized carbons (Fsp3) is 0.385. The molecule has 1 aliphatic rings. The molecule has 7 heteroatoms. The Hall–Kier alpha value is -3.19. The topological polar surface area (TPSA) is 61.9 Å². The molecule has 2 amide bonds. The molecule has 0 unspecified atom stereocenters. The van der Waals surface area contributed by atoms with Crippen molar-refractivity contribution in [2.45, 2.75) is 39.0 Å². The van der Waals surface area contributed by atoms with Gasteiger partial charge in [-0.2, -0.15) is 0 Å². The second kappa shape index (κ2) is 10.6. The molecule has 1 aliphatic heterocycles. The van der Waals surface area contributed by atoms with Gasteiger partial charge in [-0.15, -0.1) is 0 Å². The van der Waals surface area contributed by atoms with Crippen molar-refractivity contribution >= 4 is 11.8 Å². The summed E-state index contributed by atoms with van der Waals surface area (Å²) < 4.78 is 20.7. The minimum atomic E-state index is -0.424. The molecule has 1 fully saturated rings. The highest BCUT2D eigenvalue weighted by molar-refractivity contribution is 5.94.